The highest BCUT2D eigenvalue weighted by atomic mass is 16.5. The number of carbonyl (C=O) groups is 1. The molecule has 7 heteroatoms. The summed E-state index contributed by atoms with van der Waals surface area (Å²) in [5, 5.41) is 16.9. The Morgan fingerprint density at radius 2 is 1.69 bits per heavy atom. The van der Waals surface area contributed by atoms with Gasteiger partial charge in [0.1, 0.15) is 12.2 Å². The van der Waals surface area contributed by atoms with E-state index < -0.39 is 6.10 Å². The molecule has 0 saturated heterocycles. The maximum absolute atomic E-state index is 12.9. The van der Waals surface area contributed by atoms with E-state index in [0.717, 1.165) is 22.3 Å². The summed E-state index contributed by atoms with van der Waals surface area (Å²) in [6.45, 7) is 0. The van der Waals surface area contributed by atoms with Gasteiger partial charge in [0.05, 0.1) is 11.3 Å². The molecule has 5 aromatic rings. The van der Waals surface area contributed by atoms with Crippen LogP contribution in [0.25, 0.3) is 16.8 Å². The van der Waals surface area contributed by atoms with Crippen LogP contribution in [0.5, 0.6) is 0 Å². The predicted octanol–water partition coefficient (Wildman–Crippen LogP) is 5.51. The van der Waals surface area contributed by atoms with Crippen molar-refractivity contribution in [2.24, 2.45) is 0 Å². The minimum Gasteiger partial charge on any atom is -0.369 e. The number of ketones is 1. The highest BCUT2D eigenvalue weighted by molar-refractivity contribution is 5.86. The number of benzene rings is 3. The quantitative estimate of drug-likeness (QED) is 0.319. The Hall–Kier alpha value is -4.80. The Morgan fingerprint density at radius 1 is 0.972 bits per heavy atom. The van der Waals surface area contributed by atoms with E-state index in [9.17, 15) is 10.1 Å². The van der Waals surface area contributed by atoms with E-state index in [1.54, 1.807) is 17.7 Å². The van der Waals surface area contributed by atoms with Crippen LogP contribution >= 0.6 is 0 Å². The van der Waals surface area contributed by atoms with Crippen molar-refractivity contribution in [2.75, 3.05) is 12.4 Å². The number of aromatic nitrogens is 3. The molecule has 1 N–H and O–H groups in total. The first-order valence-corrected chi connectivity index (χ1v) is 11.5. The van der Waals surface area contributed by atoms with Gasteiger partial charge in [0.2, 0.25) is 5.95 Å². The first kappa shape index (κ1) is 23.0. The Labute approximate surface area is 208 Å². The van der Waals surface area contributed by atoms with Gasteiger partial charge >= 0.3 is 0 Å². The van der Waals surface area contributed by atoms with Crippen molar-refractivity contribution in [3.8, 4) is 17.2 Å². The number of anilines is 2. The number of nitrogens with one attached hydrogen (secondary N) is 1. The Kier molecular flexibility index (Phi) is 6.52. The van der Waals surface area contributed by atoms with Gasteiger partial charge in [0.25, 0.3) is 0 Å². The number of nitrogens with zero attached hydrogens (tertiary/aromatic N) is 4. The van der Waals surface area contributed by atoms with E-state index in [1.165, 1.54) is 0 Å². The van der Waals surface area contributed by atoms with E-state index in [2.05, 4.69) is 21.5 Å². The molecule has 0 saturated carbocycles. The second-order valence-electron chi connectivity index (χ2n) is 8.30. The molecule has 0 bridgehead atoms. The third kappa shape index (κ3) is 4.85. The Balaban J connectivity index is 1.32. The average Bonchev–Trinajstić information content (AvgIpc) is 3.32. The second-order valence-corrected chi connectivity index (χ2v) is 8.30. The van der Waals surface area contributed by atoms with E-state index in [-0.39, 0.29) is 12.2 Å². The molecule has 0 radical (unpaired) electrons. The number of Topliss-reactive ketones (excluding diaryl/α,β-unsaturated/α-hetero) is 1. The van der Waals surface area contributed by atoms with Gasteiger partial charge in [-0.1, -0.05) is 66.7 Å². The molecular weight excluding hydrogens is 450 g/mol. The molecule has 0 fully saturated rings. The molecule has 176 valence electrons. The summed E-state index contributed by atoms with van der Waals surface area (Å²) < 4.78 is 7.17. The van der Waals surface area contributed by atoms with Gasteiger partial charge in [-0.25, -0.2) is 4.52 Å². The van der Waals surface area contributed by atoms with Crippen molar-refractivity contribution in [2.45, 2.75) is 12.5 Å². The number of ether oxygens (including phenoxy) is 1. The molecule has 3 aromatic carbocycles. The number of pyridine rings is 1. The Bertz CT molecular complexity index is 1550. The summed E-state index contributed by atoms with van der Waals surface area (Å²) in [4.78, 5) is 17.3. The first-order chi connectivity index (χ1) is 17.6. The third-order valence-electron chi connectivity index (χ3n) is 5.92. The molecular formula is C29H23N5O2. The van der Waals surface area contributed by atoms with Crippen LogP contribution in [-0.2, 0) is 16.0 Å². The Morgan fingerprint density at radius 3 is 2.44 bits per heavy atom. The van der Waals surface area contributed by atoms with Crippen molar-refractivity contribution in [3.63, 3.8) is 0 Å². The molecule has 36 heavy (non-hydrogen) atoms. The van der Waals surface area contributed by atoms with Crippen LogP contribution < -0.4 is 5.32 Å². The molecule has 0 aliphatic heterocycles. The summed E-state index contributed by atoms with van der Waals surface area (Å²) >= 11 is 0. The standard InChI is InChI=1S/C29H23N5O2/c1-36-28(22-7-3-2-4-8-22)26(35)17-20-11-13-21(14-12-20)24-15-16-27-32-29(33-34(27)19-24)31-25-10-6-5-9-23(25)18-30/h2-16,19,28H,17H2,1H3,(H,31,33). The fourth-order valence-corrected chi connectivity index (χ4v) is 4.11. The van der Waals surface area contributed by atoms with Crippen molar-refractivity contribution >= 4 is 23.1 Å². The largest absolute Gasteiger partial charge is 0.369 e. The molecule has 5 rings (SSSR count). The van der Waals surface area contributed by atoms with Crippen LogP contribution in [0.3, 0.4) is 0 Å². The van der Waals surface area contributed by atoms with Crippen molar-refractivity contribution in [1.82, 2.24) is 14.6 Å². The smallest absolute Gasteiger partial charge is 0.247 e. The van der Waals surface area contributed by atoms with Crippen LogP contribution in [0.1, 0.15) is 22.8 Å². The molecule has 2 heterocycles. The van der Waals surface area contributed by atoms with E-state index in [0.29, 0.717) is 22.8 Å². The lowest BCUT2D eigenvalue weighted by atomic mass is 9.98. The lowest BCUT2D eigenvalue weighted by molar-refractivity contribution is -0.128. The SMILES string of the molecule is COC(C(=O)Cc1ccc(-c2ccc3nc(Nc4ccccc4C#N)nn3c2)cc1)c1ccccc1. The number of para-hydroxylation sites is 1. The topological polar surface area (TPSA) is 92.3 Å². The zero-order valence-electron chi connectivity index (χ0n) is 19.6. The maximum Gasteiger partial charge on any atom is 0.247 e. The third-order valence-corrected chi connectivity index (χ3v) is 5.92. The van der Waals surface area contributed by atoms with Gasteiger partial charge in [0, 0.05) is 25.3 Å². The highest BCUT2D eigenvalue weighted by Gasteiger charge is 2.20. The van der Waals surface area contributed by atoms with Crippen LogP contribution in [0, 0.1) is 11.3 Å². The number of hydrogen-bond donors (Lipinski definition) is 1. The molecule has 7 nitrogen and oxygen atoms in total. The van der Waals surface area contributed by atoms with Crippen molar-refractivity contribution in [1.29, 1.82) is 5.26 Å². The number of hydrogen-bond acceptors (Lipinski definition) is 6. The summed E-state index contributed by atoms with van der Waals surface area (Å²) in [7, 11) is 1.56. The van der Waals surface area contributed by atoms with E-state index >= 15 is 0 Å². The molecule has 0 amide bonds. The molecule has 1 unspecified atom stereocenters. The van der Waals surface area contributed by atoms with Gasteiger partial charge in [-0.15, -0.1) is 5.10 Å². The van der Waals surface area contributed by atoms with E-state index in [4.69, 9.17) is 4.74 Å². The lowest BCUT2D eigenvalue weighted by Gasteiger charge is -2.14. The van der Waals surface area contributed by atoms with Gasteiger partial charge in [0.15, 0.2) is 11.4 Å². The lowest BCUT2D eigenvalue weighted by Crippen LogP contribution is -2.16. The molecule has 0 aliphatic rings. The normalized spacial score (nSPS) is 11.7. The maximum atomic E-state index is 12.9. The summed E-state index contributed by atoms with van der Waals surface area (Å²) in [5.41, 5.74) is 5.61. The number of carbonyl (C=O) groups excluding carboxylic acids is 1. The van der Waals surface area contributed by atoms with Crippen LogP contribution in [0.2, 0.25) is 0 Å². The van der Waals surface area contributed by atoms with Gasteiger partial charge in [-0.3, -0.25) is 4.79 Å². The number of fused-ring (bicyclic) bond motifs is 1. The average molecular weight is 474 g/mol. The fourth-order valence-electron chi connectivity index (χ4n) is 4.11. The first-order valence-electron chi connectivity index (χ1n) is 11.5. The fraction of sp³-hybridized carbons (Fsp3) is 0.103. The van der Waals surface area contributed by atoms with Crippen LogP contribution in [-0.4, -0.2) is 27.5 Å². The van der Waals surface area contributed by atoms with Crippen molar-refractivity contribution in [3.05, 3.63) is 114 Å². The van der Waals surface area contributed by atoms with Gasteiger partial charge in [-0.2, -0.15) is 10.2 Å². The van der Waals surface area contributed by atoms with Gasteiger partial charge < -0.3 is 10.1 Å². The summed E-state index contributed by atoms with van der Waals surface area (Å²) in [6.07, 6.45) is 1.61. The number of rotatable bonds is 8. The monoisotopic (exact) mass is 473 g/mol. The zero-order valence-corrected chi connectivity index (χ0v) is 19.6. The highest BCUT2D eigenvalue weighted by Crippen LogP contribution is 2.24. The molecule has 0 spiro atoms. The summed E-state index contributed by atoms with van der Waals surface area (Å²) in [5.74, 6) is 0.424. The molecule has 2 aromatic heterocycles. The van der Waals surface area contributed by atoms with Crippen molar-refractivity contribution < 1.29 is 9.53 Å². The zero-order chi connectivity index (χ0) is 24.9. The summed E-state index contributed by atoms with van der Waals surface area (Å²) in [6, 6.07) is 30.7. The number of nitriles is 1. The van der Waals surface area contributed by atoms with Crippen LogP contribution in [0.4, 0.5) is 11.6 Å². The van der Waals surface area contributed by atoms with E-state index in [1.807, 2.05) is 91.1 Å². The number of methoxy groups -OCH3 is 1. The predicted molar refractivity (Wildman–Crippen MR) is 138 cm³/mol. The molecule has 0 aliphatic carbocycles. The second kappa shape index (κ2) is 10.2. The van der Waals surface area contributed by atoms with Crippen LogP contribution in [0.15, 0.2) is 97.2 Å². The molecule has 1 atom stereocenters. The minimum absolute atomic E-state index is 0.0125. The van der Waals surface area contributed by atoms with Gasteiger partial charge in [-0.05, 0) is 41.0 Å². The minimum atomic E-state index is -0.580.